The van der Waals surface area contributed by atoms with Gasteiger partial charge in [0, 0.05) is 33.7 Å². The molecule has 1 aliphatic carbocycles. The van der Waals surface area contributed by atoms with Crippen LogP contribution in [0.5, 0.6) is 0 Å². The maximum Gasteiger partial charge on any atom is 0.149 e. The van der Waals surface area contributed by atoms with Gasteiger partial charge in [-0.1, -0.05) is 28.8 Å². The topological polar surface area (TPSA) is 24.9 Å². The van der Waals surface area contributed by atoms with Crippen molar-refractivity contribution in [2.24, 2.45) is 0 Å². The Morgan fingerprint density at radius 1 is 1.35 bits per heavy atom. The van der Waals surface area contributed by atoms with Crippen molar-refractivity contribution in [3.8, 4) is 0 Å². The molecule has 0 radical (unpaired) electrons. The summed E-state index contributed by atoms with van der Waals surface area (Å²) < 4.78 is 15.0. The maximum absolute atomic E-state index is 14.1. The summed E-state index contributed by atoms with van der Waals surface area (Å²) in [5.41, 5.74) is 2.48. The Morgan fingerprint density at radius 3 is 2.80 bits per heavy atom. The zero-order valence-corrected chi connectivity index (χ0v) is 13.1. The highest BCUT2D eigenvalue weighted by molar-refractivity contribution is 9.10. The van der Waals surface area contributed by atoms with Crippen LogP contribution in [0.4, 0.5) is 10.1 Å². The molecule has 1 aromatic carbocycles. The van der Waals surface area contributed by atoms with Gasteiger partial charge in [0.1, 0.15) is 11.3 Å². The zero-order chi connectivity index (χ0) is 14.1. The Hall–Kier alpha value is -1.16. The molecule has 3 rings (SSSR count). The van der Waals surface area contributed by atoms with E-state index in [9.17, 15) is 4.39 Å². The van der Waals surface area contributed by atoms with Crippen LogP contribution in [0.3, 0.4) is 0 Å². The van der Waals surface area contributed by atoms with E-state index in [-0.39, 0.29) is 5.82 Å². The Kier molecular flexibility index (Phi) is 3.92. The van der Waals surface area contributed by atoms with Crippen LogP contribution in [0.2, 0.25) is 0 Å². The molecule has 2 aromatic rings. The smallest absolute Gasteiger partial charge is 0.149 e. The lowest BCUT2D eigenvalue weighted by Crippen LogP contribution is -2.04. The molecule has 1 heterocycles. The molecule has 0 saturated heterocycles. The fourth-order valence-corrected chi connectivity index (χ4v) is 3.58. The van der Waals surface area contributed by atoms with Crippen LogP contribution in [0.25, 0.3) is 10.9 Å². The van der Waals surface area contributed by atoms with Gasteiger partial charge in [-0.05, 0) is 38.0 Å². The number of hydrogen-bond acceptors (Lipinski definition) is 2. The van der Waals surface area contributed by atoms with E-state index in [1.165, 1.54) is 31.7 Å². The van der Waals surface area contributed by atoms with Crippen LogP contribution < -0.4 is 5.32 Å². The minimum Gasteiger partial charge on any atom is -0.385 e. The van der Waals surface area contributed by atoms with Crippen molar-refractivity contribution in [3.05, 3.63) is 34.2 Å². The minimum atomic E-state index is -0.248. The van der Waals surface area contributed by atoms with Gasteiger partial charge >= 0.3 is 0 Å². The first kappa shape index (κ1) is 13.8. The van der Waals surface area contributed by atoms with Crippen molar-refractivity contribution in [1.29, 1.82) is 0 Å². The Morgan fingerprint density at radius 2 is 2.10 bits per heavy atom. The van der Waals surface area contributed by atoms with E-state index in [0.29, 0.717) is 11.4 Å². The van der Waals surface area contributed by atoms with Crippen LogP contribution in [-0.4, -0.2) is 11.5 Å². The van der Waals surface area contributed by atoms with Crippen molar-refractivity contribution in [3.63, 3.8) is 0 Å². The SMILES string of the molecule is CCNc1cc(C2CCCC2)nc2c(F)ccc(Br)c12. The molecule has 1 aliphatic rings. The lowest BCUT2D eigenvalue weighted by Gasteiger charge is -2.15. The molecule has 4 heteroatoms. The normalized spacial score (nSPS) is 15.9. The summed E-state index contributed by atoms with van der Waals surface area (Å²) in [6.07, 6.45) is 4.84. The Bertz CT molecular complexity index is 636. The summed E-state index contributed by atoms with van der Waals surface area (Å²) in [6.45, 7) is 2.86. The summed E-state index contributed by atoms with van der Waals surface area (Å²) in [5.74, 6) is 0.234. The predicted molar refractivity (Wildman–Crippen MR) is 84.8 cm³/mol. The number of aromatic nitrogens is 1. The molecule has 0 bridgehead atoms. The third-order valence-electron chi connectivity index (χ3n) is 4.02. The standard InChI is InChI=1S/C16H18BrFN2/c1-2-19-14-9-13(10-5-3-4-6-10)20-16-12(18)8-7-11(17)15(14)16/h7-10H,2-6H2,1H3,(H,19,20). The molecule has 20 heavy (non-hydrogen) atoms. The van der Waals surface area contributed by atoms with E-state index >= 15 is 0 Å². The average Bonchev–Trinajstić information content (AvgIpc) is 2.97. The van der Waals surface area contributed by atoms with Gasteiger partial charge in [0.15, 0.2) is 0 Å². The third-order valence-corrected chi connectivity index (χ3v) is 4.68. The number of nitrogens with one attached hydrogen (secondary N) is 1. The number of pyridine rings is 1. The van der Waals surface area contributed by atoms with Crippen molar-refractivity contribution < 1.29 is 4.39 Å². The Labute approximate surface area is 126 Å². The molecule has 1 saturated carbocycles. The fourth-order valence-electron chi connectivity index (χ4n) is 3.05. The van der Waals surface area contributed by atoms with E-state index in [1.807, 2.05) is 0 Å². The predicted octanol–water partition coefficient (Wildman–Crippen LogP) is 5.23. The number of benzene rings is 1. The van der Waals surface area contributed by atoms with Crippen molar-refractivity contribution in [1.82, 2.24) is 4.98 Å². The highest BCUT2D eigenvalue weighted by atomic mass is 79.9. The van der Waals surface area contributed by atoms with Crippen LogP contribution in [0.1, 0.15) is 44.2 Å². The maximum atomic E-state index is 14.1. The molecule has 0 spiro atoms. The van der Waals surface area contributed by atoms with E-state index in [2.05, 4.69) is 39.2 Å². The number of rotatable bonds is 3. The molecular weight excluding hydrogens is 319 g/mol. The van der Waals surface area contributed by atoms with Crippen molar-refractivity contribution >= 4 is 32.5 Å². The quantitative estimate of drug-likeness (QED) is 0.830. The summed E-state index contributed by atoms with van der Waals surface area (Å²) in [6, 6.07) is 5.33. The number of anilines is 1. The minimum absolute atomic E-state index is 0.248. The van der Waals surface area contributed by atoms with Crippen molar-refractivity contribution in [2.75, 3.05) is 11.9 Å². The van der Waals surface area contributed by atoms with Gasteiger partial charge in [0.2, 0.25) is 0 Å². The molecule has 0 amide bonds. The second-order valence-corrected chi connectivity index (χ2v) is 6.21. The number of nitrogens with zero attached hydrogens (tertiary/aromatic N) is 1. The molecular formula is C16H18BrFN2. The first-order valence-corrected chi connectivity index (χ1v) is 8.02. The summed E-state index contributed by atoms with van der Waals surface area (Å²) in [5, 5.41) is 4.19. The molecule has 0 unspecified atom stereocenters. The van der Waals surface area contributed by atoms with Gasteiger partial charge in [-0.25, -0.2) is 9.37 Å². The van der Waals surface area contributed by atoms with Gasteiger partial charge < -0.3 is 5.32 Å². The van der Waals surface area contributed by atoms with Gasteiger partial charge in [0.05, 0.1) is 0 Å². The highest BCUT2D eigenvalue weighted by Crippen LogP contribution is 2.38. The number of fused-ring (bicyclic) bond motifs is 1. The molecule has 106 valence electrons. The molecule has 0 atom stereocenters. The second-order valence-electron chi connectivity index (χ2n) is 5.36. The fraction of sp³-hybridized carbons (Fsp3) is 0.438. The molecule has 1 aromatic heterocycles. The van der Waals surface area contributed by atoms with Crippen molar-refractivity contribution in [2.45, 2.75) is 38.5 Å². The second kappa shape index (κ2) is 5.68. The molecule has 1 N–H and O–H groups in total. The monoisotopic (exact) mass is 336 g/mol. The van der Waals surface area contributed by atoms with Crippen LogP contribution in [0, 0.1) is 5.82 Å². The van der Waals surface area contributed by atoms with Gasteiger partial charge in [-0.15, -0.1) is 0 Å². The van der Waals surface area contributed by atoms with Crippen LogP contribution in [-0.2, 0) is 0 Å². The van der Waals surface area contributed by atoms with E-state index in [4.69, 9.17) is 0 Å². The first-order valence-electron chi connectivity index (χ1n) is 7.23. The molecule has 1 fully saturated rings. The van der Waals surface area contributed by atoms with Crippen LogP contribution in [0.15, 0.2) is 22.7 Å². The average molecular weight is 337 g/mol. The summed E-state index contributed by atoms with van der Waals surface area (Å²) in [7, 11) is 0. The third kappa shape index (κ3) is 2.41. The molecule has 2 nitrogen and oxygen atoms in total. The van der Waals surface area contributed by atoms with E-state index in [1.54, 1.807) is 6.07 Å². The lowest BCUT2D eigenvalue weighted by atomic mass is 10.0. The lowest BCUT2D eigenvalue weighted by molar-refractivity contribution is 0.633. The van der Waals surface area contributed by atoms with Gasteiger partial charge in [-0.2, -0.15) is 0 Å². The zero-order valence-electron chi connectivity index (χ0n) is 11.5. The first-order chi connectivity index (χ1) is 9.70. The van der Waals surface area contributed by atoms with Gasteiger partial charge in [0.25, 0.3) is 0 Å². The van der Waals surface area contributed by atoms with Gasteiger partial charge in [-0.3, -0.25) is 0 Å². The van der Waals surface area contributed by atoms with Crippen LogP contribution >= 0.6 is 15.9 Å². The highest BCUT2D eigenvalue weighted by Gasteiger charge is 2.21. The van der Waals surface area contributed by atoms with E-state index in [0.717, 1.165) is 27.8 Å². The summed E-state index contributed by atoms with van der Waals surface area (Å²) >= 11 is 3.51. The van der Waals surface area contributed by atoms with E-state index < -0.39 is 0 Å². The summed E-state index contributed by atoms with van der Waals surface area (Å²) in [4.78, 5) is 4.62. The largest absolute Gasteiger partial charge is 0.385 e. The Balaban J connectivity index is 2.21. The molecule has 0 aliphatic heterocycles. The number of hydrogen-bond donors (Lipinski definition) is 1. The number of halogens is 2.